The predicted octanol–water partition coefficient (Wildman–Crippen LogP) is 2.62. The number of aryl methyl sites for hydroxylation is 1. The van der Waals surface area contributed by atoms with Gasteiger partial charge in [0.1, 0.15) is 0 Å². The van der Waals surface area contributed by atoms with E-state index in [0.29, 0.717) is 11.3 Å². The van der Waals surface area contributed by atoms with Crippen molar-refractivity contribution in [3.05, 3.63) is 16.9 Å². The highest BCUT2D eigenvalue weighted by Gasteiger charge is 2.28. The smallest absolute Gasteiger partial charge is 0.0834 e. The lowest BCUT2D eigenvalue weighted by atomic mass is 10.0. The molecule has 0 saturated carbocycles. The van der Waals surface area contributed by atoms with Crippen molar-refractivity contribution < 1.29 is 0 Å². The SMILES string of the molecule is CNC(c1c(Cl)cnn1C)C1CCCCS1. The van der Waals surface area contributed by atoms with Crippen LogP contribution in [0.5, 0.6) is 0 Å². The molecule has 0 aliphatic carbocycles. The third-order valence-electron chi connectivity index (χ3n) is 3.13. The van der Waals surface area contributed by atoms with Crippen LogP contribution in [0, 0.1) is 0 Å². The van der Waals surface area contributed by atoms with Gasteiger partial charge in [0.25, 0.3) is 0 Å². The Kier molecular flexibility index (Phi) is 4.16. The van der Waals surface area contributed by atoms with Crippen LogP contribution in [0.25, 0.3) is 0 Å². The van der Waals surface area contributed by atoms with E-state index in [4.69, 9.17) is 11.6 Å². The van der Waals surface area contributed by atoms with Crippen molar-refractivity contribution >= 4 is 23.4 Å². The Hall–Kier alpha value is -0.190. The van der Waals surface area contributed by atoms with Crippen molar-refractivity contribution in [2.45, 2.75) is 30.6 Å². The summed E-state index contributed by atoms with van der Waals surface area (Å²) in [5, 5.41) is 8.99. The topological polar surface area (TPSA) is 29.9 Å². The number of aromatic nitrogens is 2. The number of hydrogen-bond acceptors (Lipinski definition) is 3. The van der Waals surface area contributed by atoms with Crippen molar-refractivity contribution in [3.8, 4) is 0 Å². The van der Waals surface area contributed by atoms with Crippen LogP contribution in [0.3, 0.4) is 0 Å². The number of nitrogens with zero attached hydrogens (tertiary/aromatic N) is 2. The molecule has 0 spiro atoms. The molecule has 0 aromatic carbocycles. The average molecular weight is 260 g/mol. The van der Waals surface area contributed by atoms with Crippen molar-refractivity contribution in [1.29, 1.82) is 0 Å². The van der Waals surface area contributed by atoms with Crippen molar-refractivity contribution in [2.24, 2.45) is 7.05 Å². The monoisotopic (exact) mass is 259 g/mol. The number of halogens is 1. The standard InChI is InChI=1S/C11H18ClN3S/c1-13-10(9-5-3-4-6-16-9)11-8(12)7-14-15(11)2/h7,9-10,13H,3-6H2,1-2H3. The van der Waals surface area contributed by atoms with E-state index in [9.17, 15) is 0 Å². The zero-order chi connectivity index (χ0) is 11.5. The van der Waals surface area contributed by atoms with Gasteiger partial charge in [-0.05, 0) is 25.6 Å². The first-order valence-corrected chi connectivity index (χ1v) is 7.13. The van der Waals surface area contributed by atoms with E-state index in [1.165, 1.54) is 25.0 Å². The van der Waals surface area contributed by atoms with E-state index in [1.807, 2.05) is 30.5 Å². The molecule has 1 N–H and O–H groups in total. The van der Waals surface area contributed by atoms with E-state index < -0.39 is 0 Å². The van der Waals surface area contributed by atoms with E-state index in [2.05, 4.69) is 10.4 Å². The lowest BCUT2D eigenvalue weighted by Gasteiger charge is -2.29. The molecule has 2 unspecified atom stereocenters. The molecule has 1 aliphatic rings. The molecule has 1 saturated heterocycles. The van der Waals surface area contributed by atoms with Gasteiger partial charge in [0.15, 0.2) is 0 Å². The Morgan fingerprint density at radius 3 is 2.94 bits per heavy atom. The molecular weight excluding hydrogens is 242 g/mol. The third kappa shape index (κ3) is 2.39. The molecular formula is C11H18ClN3S. The fourth-order valence-corrected chi connectivity index (χ4v) is 4.05. The fourth-order valence-electron chi connectivity index (χ4n) is 2.30. The highest BCUT2D eigenvalue weighted by atomic mass is 35.5. The molecule has 5 heteroatoms. The molecule has 1 aliphatic heterocycles. The Morgan fingerprint density at radius 1 is 1.62 bits per heavy atom. The molecule has 1 aromatic heterocycles. The van der Waals surface area contributed by atoms with E-state index in [1.54, 1.807) is 6.20 Å². The highest BCUT2D eigenvalue weighted by Crippen LogP contribution is 2.36. The summed E-state index contributed by atoms with van der Waals surface area (Å²) in [6.07, 6.45) is 5.66. The largest absolute Gasteiger partial charge is 0.311 e. The first kappa shape index (κ1) is 12.3. The lowest BCUT2D eigenvalue weighted by Crippen LogP contribution is -2.31. The quantitative estimate of drug-likeness (QED) is 0.905. The molecule has 2 atom stereocenters. The van der Waals surface area contributed by atoms with Gasteiger partial charge in [0.2, 0.25) is 0 Å². The van der Waals surface area contributed by atoms with E-state index >= 15 is 0 Å². The van der Waals surface area contributed by atoms with Crippen molar-refractivity contribution in [1.82, 2.24) is 15.1 Å². The lowest BCUT2D eigenvalue weighted by molar-refractivity contribution is 0.485. The van der Waals surface area contributed by atoms with Gasteiger partial charge in [0, 0.05) is 12.3 Å². The number of thioether (sulfide) groups is 1. The van der Waals surface area contributed by atoms with Crippen LogP contribution in [0.15, 0.2) is 6.20 Å². The second-order valence-electron chi connectivity index (χ2n) is 4.17. The van der Waals surface area contributed by atoms with Gasteiger partial charge < -0.3 is 5.32 Å². The summed E-state index contributed by atoms with van der Waals surface area (Å²) in [5.74, 6) is 1.26. The van der Waals surface area contributed by atoms with Crippen molar-refractivity contribution in [3.63, 3.8) is 0 Å². The maximum atomic E-state index is 6.21. The van der Waals surface area contributed by atoms with Gasteiger partial charge in [-0.15, -0.1) is 0 Å². The molecule has 2 heterocycles. The van der Waals surface area contributed by atoms with Crippen molar-refractivity contribution in [2.75, 3.05) is 12.8 Å². The van der Waals surface area contributed by atoms with Gasteiger partial charge in [-0.25, -0.2) is 0 Å². The molecule has 1 fully saturated rings. The number of nitrogens with one attached hydrogen (secondary N) is 1. The summed E-state index contributed by atoms with van der Waals surface area (Å²) in [6.45, 7) is 0. The van der Waals surface area contributed by atoms with Crippen LogP contribution >= 0.6 is 23.4 Å². The zero-order valence-electron chi connectivity index (χ0n) is 9.74. The van der Waals surface area contributed by atoms with E-state index in [0.717, 1.165) is 10.7 Å². The predicted molar refractivity (Wildman–Crippen MR) is 70.1 cm³/mol. The Labute approximate surface area is 106 Å². The Morgan fingerprint density at radius 2 is 2.44 bits per heavy atom. The van der Waals surface area contributed by atoms with Crippen LogP contribution < -0.4 is 5.32 Å². The minimum atomic E-state index is 0.310. The third-order valence-corrected chi connectivity index (χ3v) is 4.88. The van der Waals surface area contributed by atoms with Gasteiger partial charge in [-0.1, -0.05) is 18.0 Å². The normalized spacial score (nSPS) is 23.3. The van der Waals surface area contributed by atoms with Crippen LogP contribution in [0.2, 0.25) is 5.02 Å². The first-order chi connectivity index (χ1) is 7.74. The minimum absolute atomic E-state index is 0.310. The maximum absolute atomic E-state index is 6.21. The summed E-state index contributed by atoms with van der Waals surface area (Å²) in [5.41, 5.74) is 1.11. The summed E-state index contributed by atoms with van der Waals surface area (Å²) in [4.78, 5) is 0. The van der Waals surface area contributed by atoms with Crippen LogP contribution in [-0.2, 0) is 7.05 Å². The van der Waals surface area contributed by atoms with Crippen LogP contribution in [0.1, 0.15) is 31.0 Å². The molecule has 1 aromatic rings. The number of hydrogen-bond donors (Lipinski definition) is 1. The number of rotatable bonds is 3. The van der Waals surface area contributed by atoms with Gasteiger partial charge >= 0.3 is 0 Å². The second-order valence-corrected chi connectivity index (χ2v) is 5.93. The molecule has 0 bridgehead atoms. The fraction of sp³-hybridized carbons (Fsp3) is 0.727. The van der Waals surface area contributed by atoms with Gasteiger partial charge in [-0.2, -0.15) is 16.9 Å². The van der Waals surface area contributed by atoms with Crippen LogP contribution in [-0.4, -0.2) is 27.8 Å². The highest BCUT2D eigenvalue weighted by molar-refractivity contribution is 8.00. The van der Waals surface area contributed by atoms with Gasteiger partial charge in [-0.3, -0.25) is 4.68 Å². The second kappa shape index (κ2) is 5.43. The summed E-state index contributed by atoms with van der Waals surface area (Å²) in [6, 6.07) is 0.310. The molecule has 0 radical (unpaired) electrons. The first-order valence-electron chi connectivity index (χ1n) is 5.70. The molecule has 2 rings (SSSR count). The van der Waals surface area contributed by atoms with Crippen LogP contribution in [0.4, 0.5) is 0 Å². The summed E-state index contributed by atoms with van der Waals surface area (Å²) in [7, 11) is 3.96. The Bertz CT molecular complexity index is 327. The molecule has 3 nitrogen and oxygen atoms in total. The average Bonchev–Trinajstić information content (AvgIpc) is 2.63. The summed E-state index contributed by atoms with van der Waals surface area (Å²) < 4.78 is 1.89. The molecule has 16 heavy (non-hydrogen) atoms. The Balaban J connectivity index is 2.21. The zero-order valence-corrected chi connectivity index (χ0v) is 11.3. The van der Waals surface area contributed by atoms with Gasteiger partial charge in [0.05, 0.1) is 23.0 Å². The molecule has 0 amide bonds. The minimum Gasteiger partial charge on any atom is -0.311 e. The molecule has 90 valence electrons. The summed E-state index contributed by atoms with van der Waals surface area (Å²) >= 11 is 8.25. The van der Waals surface area contributed by atoms with E-state index in [-0.39, 0.29) is 0 Å². The maximum Gasteiger partial charge on any atom is 0.0834 e.